The Kier molecular flexibility index (Phi) is 3.66. The van der Waals surface area contributed by atoms with Crippen LogP contribution in [0.4, 0.5) is 0 Å². The van der Waals surface area contributed by atoms with Crippen molar-refractivity contribution in [1.82, 2.24) is 10.4 Å². The number of carbonyl (C=O) groups is 1. The zero-order valence-corrected chi connectivity index (χ0v) is 12.7. The summed E-state index contributed by atoms with van der Waals surface area (Å²) in [6.07, 6.45) is 3.43. The van der Waals surface area contributed by atoms with Crippen molar-refractivity contribution in [2.24, 2.45) is 5.10 Å². The van der Waals surface area contributed by atoms with Gasteiger partial charge in [0.15, 0.2) is 0 Å². The van der Waals surface area contributed by atoms with Crippen LogP contribution in [0.1, 0.15) is 15.4 Å². The van der Waals surface area contributed by atoms with Crippen LogP contribution >= 0.6 is 27.3 Å². The first-order valence-corrected chi connectivity index (χ1v) is 7.50. The van der Waals surface area contributed by atoms with E-state index >= 15 is 0 Å². The highest BCUT2D eigenvalue weighted by molar-refractivity contribution is 9.11. The van der Waals surface area contributed by atoms with Crippen LogP contribution in [0.15, 0.2) is 51.5 Å². The molecule has 0 radical (unpaired) electrons. The van der Waals surface area contributed by atoms with Crippen molar-refractivity contribution in [2.45, 2.75) is 0 Å². The maximum atomic E-state index is 12.1. The van der Waals surface area contributed by atoms with Crippen molar-refractivity contribution < 1.29 is 4.79 Å². The van der Waals surface area contributed by atoms with Crippen molar-refractivity contribution in [2.75, 3.05) is 0 Å². The van der Waals surface area contributed by atoms with E-state index in [2.05, 4.69) is 31.4 Å². The van der Waals surface area contributed by atoms with Crippen LogP contribution in [0.5, 0.6) is 0 Å². The molecule has 0 atom stereocenters. The van der Waals surface area contributed by atoms with Crippen molar-refractivity contribution in [3.05, 3.63) is 57.0 Å². The molecule has 0 saturated carbocycles. The van der Waals surface area contributed by atoms with Gasteiger partial charge in [0, 0.05) is 16.5 Å². The first-order chi connectivity index (χ1) is 9.74. The van der Waals surface area contributed by atoms with Gasteiger partial charge in [-0.1, -0.05) is 24.3 Å². The third-order valence-electron chi connectivity index (χ3n) is 2.78. The Morgan fingerprint density at radius 2 is 2.15 bits per heavy atom. The van der Waals surface area contributed by atoms with Gasteiger partial charge in [-0.25, -0.2) is 5.43 Å². The number of thiophene rings is 1. The van der Waals surface area contributed by atoms with E-state index in [4.69, 9.17) is 0 Å². The molecule has 20 heavy (non-hydrogen) atoms. The fourth-order valence-electron chi connectivity index (χ4n) is 1.87. The van der Waals surface area contributed by atoms with Crippen molar-refractivity contribution in [3.63, 3.8) is 0 Å². The highest BCUT2D eigenvalue weighted by atomic mass is 79.9. The molecule has 0 aliphatic carbocycles. The summed E-state index contributed by atoms with van der Waals surface area (Å²) in [6.45, 7) is 0. The Bertz CT molecular complexity index is 790. The number of fused-ring (bicyclic) bond motifs is 1. The number of halogens is 1. The fraction of sp³-hybridized carbons (Fsp3) is 0. The van der Waals surface area contributed by atoms with Gasteiger partial charge in [-0.05, 0) is 33.4 Å². The number of H-pyrrole nitrogens is 1. The second-order valence-corrected chi connectivity index (χ2v) is 6.59. The lowest BCUT2D eigenvalue weighted by Crippen LogP contribution is -2.18. The van der Waals surface area contributed by atoms with Crippen molar-refractivity contribution >= 4 is 50.2 Å². The Balaban J connectivity index is 1.75. The number of rotatable bonds is 3. The molecular weight excluding hydrogens is 338 g/mol. The topological polar surface area (TPSA) is 57.2 Å². The molecule has 0 saturated heterocycles. The predicted molar refractivity (Wildman–Crippen MR) is 85.4 cm³/mol. The number of nitrogens with zero attached hydrogens (tertiary/aromatic N) is 1. The van der Waals surface area contributed by atoms with Gasteiger partial charge in [-0.2, -0.15) is 5.10 Å². The standard InChI is InChI=1S/C14H10BrN3OS/c15-12-6-5-10(20-12)8-17-18-14(19)13-11-4-2-1-3-9(11)7-16-13/h1-8,16H,(H,18,19)/b17-8+. The number of hydrogen-bond donors (Lipinski definition) is 2. The molecule has 0 spiro atoms. The monoisotopic (exact) mass is 347 g/mol. The summed E-state index contributed by atoms with van der Waals surface area (Å²) in [5, 5.41) is 5.85. The highest BCUT2D eigenvalue weighted by Gasteiger charge is 2.10. The molecule has 3 aromatic rings. The molecule has 2 N–H and O–H groups in total. The van der Waals surface area contributed by atoms with Crippen LogP contribution in [0.2, 0.25) is 0 Å². The number of aromatic amines is 1. The largest absolute Gasteiger partial charge is 0.356 e. The minimum Gasteiger partial charge on any atom is -0.356 e. The number of hydrazone groups is 1. The molecule has 0 unspecified atom stereocenters. The summed E-state index contributed by atoms with van der Waals surface area (Å²) < 4.78 is 1.03. The molecule has 4 nitrogen and oxygen atoms in total. The number of benzene rings is 1. The van der Waals surface area contributed by atoms with Gasteiger partial charge < -0.3 is 4.98 Å². The van der Waals surface area contributed by atoms with Gasteiger partial charge in [-0.15, -0.1) is 11.3 Å². The highest BCUT2D eigenvalue weighted by Crippen LogP contribution is 2.20. The molecular formula is C14H10BrN3OS. The molecule has 6 heteroatoms. The summed E-state index contributed by atoms with van der Waals surface area (Å²) in [7, 11) is 0. The molecule has 2 heterocycles. The van der Waals surface area contributed by atoms with E-state index in [0.29, 0.717) is 5.69 Å². The number of amides is 1. The number of hydrogen-bond acceptors (Lipinski definition) is 3. The fourth-order valence-corrected chi connectivity index (χ4v) is 3.17. The Labute approximate surface area is 127 Å². The van der Waals surface area contributed by atoms with Crippen LogP contribution in [0.25, 0.3) is 10.8 Å². The summed E-state index contributed by atoms with van der Waals surface area (Å²) in [6, 6.07) is 11.6. The smallest absolute Gasteiger partial charge is 0.288 e. The van der Waals surface area contributed by atoms with Gasteiger partial charge in [0.2, 0.25) is 0 Å². The molecule has 0 bridgehead atoms. The maximum Gasteiger partial charge on any atom is 0.288 e. The van der Waals surface area contributed by atoms with Crippen LogP contribution < -0.4 is 5.43 Å². The lowest BCUT2D eigenvalue weighted by Gasteiger charge is -1.97. The van der Waals surface area contributed by atoms with E-state index in [1.54, 1.807) is 17.6 Å². The van der Waals surface area contributed by atoms with Gasteiger partial charge in [0.05, 0.1) is 10.0 Å². The summed E-state index contributed by atoms with van der Waals surface area (Å²) >= 11 is 4.92. The van der Waals surface area contributed by atoms with E-state index < -0.39 is 0 Å². The normalized spacial score (nSPS) is 11.2. The van der Waals surface area contributed by atoms with Crippen LogP contribution in [0, 0.1) is 0 Å². The van der Waals surface area contributed by atoms with Crippen LogP contribution in [-0.2, 0) is 0 Å². The average molecular weight is 348 g/mol. The van der Waals surface area contributed by atoms with E-state index in [9.17, 15) is 4.79 Å². The summed E-state index contributed by atoms with van der Waals surface area (Å²) in [5.74, 6) is -0.252. The zero-order chi connectivity index (χ0) is 13.9. The quantitative estimate of drug-likeness (QED) is 0.550. The van der Waals surface area contributed by atoms with Gasteiger partial charge in [0.1, 0.15) is 5.69 Å². The maximum absolute atomic E-state index is 12.1. The molecule has 3 rings (SSSR count). The minimum atomic E-state index is -0.252. The predicted octanol–water partition coefficient (Wildman–Crippen LogP) is 3.76. The third kappa shape index (κ3) is 2.66. The van der Waals surface area contributed by atoms with Gasteiger partial charge >= 0.3 is 0 Å². The van der Waals surface area contributed by atoms with Crippen molar-refractivity contribution in [3.8, 4) is 0 Å². The minimum absolute atomic E-state index is 0.252. The summed E-state index contributed by atoms with van der Waals surface area (Å²) in [5.41, 5.74) is 3.04. The van der Waals surface area contributed by atoms with Crippen molar-refractivity contribution in [1.29, 1.82) is 0 Å². The molecule has 0 fully saturated rings. The Morgan fingerprint density at radius 3 is 2.95 bits per heavy atom. The number of carbonyl (C=O) groups excluding carboxylic acids is 1. The second-order valence-electron chi connectivity index (χ2n) is 4.09. The van der Waals surface area contributed by atoms with Crippen LogP contribution in [0.3, 0.4) is 0 Å². The SMILES string of the molecule is O=C(N/N=C/c1ccc(Br)s1)c1[nH]cc2ccccc12. The second kappa shape index (κ2) is 5.60. The lowest BCUT2D eigenvalue weighted by atomic mass is 10.2. The number of aromatic nitrogens is 1. The van der Waals surface area contributed by atoms with E-state index in [0.717, 1.165) is 19.4 Å². The van der Waals surface area contributed by atoms with E-state index in [1.807, 2.05) is 42.6 Å². The average Bonchev–Trinajstić information content (AvgIpc) is 3.05. The Hall–Kier alpha value is -1.92. The molecule has 100 valence electrons. The van der Waals surface area contributed by atoms with Crippen LogP contribution in [-0.4, -0.2) is 17.1 Å². The molecule has 0 aliphatic rings. The van der Waals surface area contributed by atoms with Gasteiger partial charge in [-0.3, -0.25) is 4.79 Å². The molecule has 2 aromatic heterocycles. The van der Waals surface area contributed by atoms with E-state index in [1.165, 1.54) is 0 Å². The first kappa shape index (κ1) is 13.1. The molecule has 1 amide bonds. The lowest BCUT2D eigenvalue weighted by molar-refractivity contribution is 0.0952. The molecule has 1 aromatic carbocycles. The number of nitrogens with one attached hydrogen (secondary N) is 2. The Morgan fingerprint density at radius 1 is 1.30 bits per heavy atom. The summed E-state index contributed by atoms with van der Waals surface area (Å²) in [4.78, 5) is 16.0. The van der Waals surface area contributed by atoms with Gasteiger partial charge in [0.25, 0.3) is 5.91 Å². The molecule has 0 aliphatic heterocycles. The zero-order valence-electron chi connectivity index (χ0n) is 10.3. The first-order valence-electron chi connectivity index (χ1n) is 5.89. The van der Waals surface area contributed by atoms with E-state index in [-0.39, 0.29) is 5.91 Å². The third-order valence-corrected chi connectivity index (χ3v) is 4.34.